The minimum Gasteiger partial charge on any atom is -0.251 e. The summed E-state index contributed by atoms with van der Waals surface area (Å²) in [6.45, 7) is 4.27. The standard InChI is InChI=1S/C11H14BrN5/c1-8(2)11(17-7-13-6-15-17)16-10-4-3-9(12)5-14-10/h3-8,11H,1-2H3,(H,14,16)/p+1/t11-/m1/s1. The molecule has 0 radical (unpaired) electrons. The van der Waals surface area contributed by atoms with Crippen molar-refractivity contribution in [2.45, 2.75) is 20.0 Å². The van der Waals surface area contributed by atoms with Gasteiger partial charge in [-0.3, -0.25) is 5.32 Å². The van der Waals surface area contributed by atoms with Gasteiger partial charge in [0.05, 0.1) is 4.47 Å². The van der Waals surface area contributed by atoms with Crippen molar-refractivity contribution in [3.05, 3.63) is 35.5 Å². The molecule has 2 rings (SSSR count). The molecular weight excluding hydrogens is 282 g/mol. The Morgan fingerprint density at radius 3 is 2.76 bits per heavy atom. The third-order valence-electron chi connectivity index (χ3n) is 2.43. The first kappa shape index (κ1) is 12.0. The predicted octanol–water partition coefficient (Wildman–Crippen LogP) is 2.12. The Bertz CT molecular complexity index is 451. The minimum absolute atomic E-state index is 0.0786. The van der Waals surface area contributed by atoms with Crippen LogP contribution in [0.4, 0.5) is 5.82 Å². The van der Waals surface area contributed by atoms with Crippen molar-refractivity contribution in [3.8, 4) is 0 Å². The highest BCUT2D eigenvalue weighted by Gasteiger charge is 2.20. The SMILES string of the molecule is CC(C)[C@H](Nc1ccc(Br)c[nH+]1)n1cncn1. The topological polar surface area (TPSA) is 56.9 Å². The molecule has 90 valence electrons. The summed E-state index contributed by atoms with van der Waals surface area (Å²) >= 11 is 3.39. The van der Waals surface area contributed by atoms with E-state index < -0.39 is 0 Å². The summed E-state index contributed by atoms with van der Waals surface area (Å²) in [7, 11) is 0. The van der Waals surface area contributed by atoms with E-state index >= 15 is 0 Å². The molecule has 2 N–H and O–H groups in total. The highest BCUT2D eigenvalue weighted by molar-refractivity contribution is 9.10. The van der Waals surface area contributed by atoms with Gasteiger partial charge >= 0.3 is 0 Å². The fourth-order valence-electron chi connectivity index (χ4n) is 1.55. The first-order valence-electron chi connectivity index (χ1n) is 5.44. The summed E-state index contributed by atoms with van der Waals surface area (Å²) in [5.41, 5.74) is 0. The molecule has 0 aromatic carbocycles. The lowest BCUT2D eigenvalue weighted by Crippen LogP contribution is -2.27. The van der Waals surface area contributed by atoms with E-state index in [2.05, 4.69) is 50.2 Å². The quantitative estimate of drug-likeness (QED) is 0.940. The molecule has 1 atom stereocenters. The molecule has 0 spiro atoms. The summed E-state index contributed by atoms with van der Waals surface area (Å²) in [5.74, 6) is 1.34. The van der Waals surface area contributed by atoms with Crippen LogP contribution in [0.2, 0.25) is 0 Å². The molecule has 6 heteroatoms. The maximum Gasteiger partial charge on any atom is 0.273 e. The second kappa shape index (κ2) is 5.27. The molecule has 0 aliphatic carbocycles. The maximum atomic E-state index is 4.17. The zero-order valence-corrected chi connectivity index (χ0v) is 11.3. The third kappa shape index (κ3) is 3.03. The molecule has 0 amide bonds. The summed E-state index contributed by atoms with van der Waals surface area (Å²) in [6, 6.07) is 3.97. The highest BCUT2D eigenvalue weighted by atomic mass is 79.9. The number of aromatic amines is 1. The first-order valence-corrected chi connectivity index (χ1v) is 6.24. The lowest BCUT2D eigenvalue weighted by atomic mass is 10.1. The number of aromatic nitrogens is 4. The van der Waals surface area contributed by atoms with Crippen molar-refractivity contribution in [1.29, 1.82) is 0 Å². The largest absolute Gasteiger partial charge is 0.273 e. The summed E-state index contributed by atoms with van der Waals surface area (Å²) < 4.78 is 2.84. The Morgan fingerprint density at radius 1 is 1.41 bits per heavy atom. The van der Waals surface area contributed by atoms with Gasteiger partial charge in [0, 0.05) is 12.0 Å². The Morgan fingerprint density at radius 2 is 2.24 bits per heavy atom. The average Bonchev–Trinajstić information content (AvgIpc) is 2.81. The van der Waals surface area contributed by atoms with Gasteiger partial charge in [-0.25, -0.2) is 14.6 Å². The van der Waals surface area contributed by atoms with Crippen LogP contribution in [0.1, 0.15) is 20.0 Å². The van der Waals surface area contributed by atoms with Crippen molar-refractivity contribution in [1.82, 2.24) is 14.8 Å². The number of hydrogen-bond acceptors (Lipinski definition) is 3. The van der Waals surface area contributed by atoms with E-state index in [0.29, 0.717) is 5.92 Å². The molecule has 0 fully saturated rings. The molecule has 2 heterocycles. The zero-order valence-electron chi connectivity index (χ0n) is 9.76. The second-order valence-electron chi connectivity index (χ2n) is 4.13. The van der Waals surface area contributed by atoms with Gasteiger partial charge < -0.3 is 0 Å². The van der Waals surface area contributed by atoms with Crippen molar-refractivity contribution >= 4 is 21.7 Å². The fraction of sp³-hybridized carbons (Fsp3) is 0.364. The van der Waals surface area contributed by atoms with Gasteiger partial charge in [-0.2, -0.15) is 5.10 Å². The smallest absolute Gasteiger partial charge is 0.251 e. The van der Waals surface area contributed by atoms with Crippen LogP contribution < -0.4 is 10.3 Å². The highest BCUT2D eigenvalue weighted by Crippen LogP contribution is 2.18. The van der Waals surface area contributed by atoms with Crippen LogP contribution in [0.3, 0.4) is 0 Å². The van der Waals surface area contributed by atoms with E-state index in [1.165, 1.54) is 0 Å². The third-order valence-corrected chi connectivity index (χ3v) is 2.92. The van der Waals surface area contributed by atoms with Crippen LogP contribution in [-0.2, 0) is 0 Å². The van der Waals surface area contributed by atoms with Crippen molar-refractivity contribution in [2.24, 2.45) is 5.92 Å². The molecule has 0 aliphatic heterocycles. The van der Waals surface area contributed by atoms with Crippen molar-refractivity contribution < 1.29 is 4.98 Å². The molecule has 2 aromatic rings. The monoisotopic (exact) mass is 296 g/mol. The number of halogens is 1. The van der Waals surface area contributed by atoms with Gasteiger partial charge in [0.15, 0.2) is 6.17 Å². The van der Waals surface area contributed by atoms with E-state index in [0.717, 1.165) is 10.3 Å². The van der Waals surface area contributed by atoms with Crippen LogP contribution in [0.5, 0.6) is 0 Å². The number of hydrogen-bond donors (Lipinski definition) is 1. The van der Waals surface area contributed by atoms with Gasteiger partial charge in [0.25, 0.3) is 5.82 Å². The summed E-state index contributed by atoms with van der Waals surface area (Å²) in [5, 5.41) is 7.56. The van der Waals surface area contributed by atoms with Gasteiger partial charge in [-0.1, -0.05) is 13.8 Å². The molecule has 0 bridgehead atoms. The van der Waals surface area contributed by atoms with Gasteiger partial charge in [0.1, 0.15) is 18.9 Å². The number of pyridine rings is 1. The first-order chi connectivity index (χ1) is 8.16. The number of H-pyrrole nitrogens is 1. The second-order valence-corrected chi connectivity index (χ2v) is 5.04. The van der Waals surface area contributed by atoms with Gasteiger partial charge in [-0.15, -0.1) is 0 Å². The summed E-state index contributed by atoms with van der Waals surface area (Å²) in [6.07, 6.45) is 5.23. The normalized spacial score (nSPS) is 12.7. The van der Waals surface area contributed by atoms with Gasteiger partial charge in [0.2, 0.25) is 0 Å². The predicted molar refractivity (Wildman–Crippen MR) is 68.2 cm³/mol. The van der Waals surface area contributed by atoms with Crippen LogP contribution in [0.25, 0.3) is 0 Å². The molecule has 2 aromatic heterocycles. The van der Waals surface area contributed by atoms with E-state index in [4.69, 9.17) is 0 Å². The Kier molecular flexibility index (Phi) is 3.73. The Balaban J connectivity index is 2.16. The minimum atomic E-state index is 0.0786. The van der Waals surface area contributed by atoms with Crippen LogP contribution in [-0.4, -0.2) is 14.8 Å². The average molecular weight is 297 g/mol. The molecule has 17 heavy (non-hydrogen) atoms. The van der Waals surface area contributed by atoms with Crippen LogP contribution in [0.15, 0.2) is 35.5 Å². The molecular formula is C11H15BrN5+. The zero-order chi connectivity index (χ0) is 12.3. The number of rotatable bonds is 4. The van der Waals surface area contributed by atoms with Crippen LogP contribution in [0, 0.1) is 5.92 Å². The molecule has 0 aliphatic rings. The number of anilines is 1. The van der Waals surface area contributed by atoms with Crippen molar-refractivity contribution in [3.63, 3.8) is 0 Å². The maximum absolute atomic E-state index is 4.17. The van der Waals surface area contributed by atoms with Gasteiger partial charge in [-0.05, 0) is 22.0 Å². The fourth-order valence-corrected chi connectivity index (χ4v) is 1.80. The Hall–Kier alpha value is -1.43. The lowest BCUT2D eigenvalue weighted by molar-refractivity contribution is -0.362. The molecule has 0 unspecified atom stereocenters. The Labute approximate surface area is 108 Å². The van der Waals surface area contributed by atoms with E-state index in [-0.39, 0.29) is 6.17 Å². The molecule has 5 nitrogen and oxygen atoms in total. The lowest BCUT2D eigenvalue weighted by Gasteiger charge is -2.17. The van der Waals surface area contributed by atoms with E-state index in [9.17, 15) is 0 Å². The number of nitrogens with one attached hydrogen (secondary N) is 2. The number of nitrogens with zero attached hydrogens (tertiary/aromatic N) is 3. The molecule has 0 saturated carbocycles. The van der Waals surface area contributed by atoms with E-state index in [1.807, 2.05) is 23.0 Å². The van der Waals surface area contributed by atoms with Crippen LogP contribution >= 0.6 is 15.9 Å². The molecule has 0 saturated heterocycles. The van der Waals surface area contributed by atoms with Crippen molar-refractivity contribution in [2.75, 3.05) is 5.32 Å². The summed E-state index contributed by atoms with van der Waals surface area (Å²) in [4.78, 5) is 7.14. The van der Waals surface area contributed by atoms with E-state index in [1.54, 1.807) is 12.7 Å².